The van der Waals surface area contributed by atoms with Gasteiger partial charge in [-0.15, -0.1) is 0 Å². The predicted octanol–water partition coefficient (Wildman–Crippen LogP) is -0.754. The first-order valence-corrected chi connectivity index (χ1v) is 6.04. The van der Waals surface area contributed by atoms with E-state index in [0.29, 0.717) is 13.0 Å². The normalized spacial score (nSPS) is 11.7. The van der Waals surface area contributed by atoms with E-state index in [9.17, 15) is 14.4 Å². The van der Waals surface area contributed by atoms with Crippen LogP contribution in [0.25, 0.3) is 0 Å². The van der Waals surface area contributed by atoms with Gasteiger partial charge in [-0.25, -0.2) is 4.79 Å². The number of rotatable bonds is 7. The second kappa shape index (κ2) is 7.25. The van der Waals surface area contributed by atoms with E-state index in [4.69, 9.17) is 16.6 Å². The number of carbonyl (C=O) groups is 3. The topological polar surface area (TPSA) is 136 Å². The van der Waals surface area contributed by atoms with Crippen LogP contribution in [0.5, 0.6) is 0 Å². The van der Waals surface area contributed by atoms with E-state index in [1.165, 1.54) is 12.1 Å². The zero-order valence-electron chi connectivity index (χ0n) is 10.8. The summed E-state index contributed by atoms with van der Waals surface area (Å²) in [5.41, 5.74) is 11.5. The molecule has 20 heavy (non-hydrogen) atoms. The second-order valence-corrected chi connectivity index (χ2v) is 4.32. The number of primary amides is 1. The van der Waals surface area contributed by atoms with Crippen LogP contribution < -0.4 is 16.8 Å². The highest BCUT2D eigenvalue weighted by Gasteiger charge is 2.15. The van der Waals surface area contributed by atoms with Crippen LogP contribution in [0.3, 0.4) is 0 Å². The molecule has 0 bridgehead atoms. The maximum Gasteiger partial charge on any atom is 0.335 e. The molecule has 1 aromatic rings. The number of nitrogens with one attached hydrogen (secondary N) is 1. The number of hydrogen-bond acceptors (Lipinski definition) is 4. The Labute approximate surface area is 115 Å². The number of carboxylic acid groups (broad SMARTS) is 1. The summed E-state index contributed by atoms with van der Waals surface area (Å²) in [6.45, 7) is 0.345. The lowest BCUT2D eigenvalue weighted by Crippen LogP contribution is -2.43. The maximum absolute atomic E-state index is 11.5. The standard InChI is InChI=1S/C13H17N3O4/c14-10(7-11(15)17)12(18)16-6-5-8-1-3-9(4-2-8)13(19)20/h1-4,10H,5-7,14H2,(H2,15,17)(H,16,18)(H,19,20). The average Bonchev–Trinajstić information content (AvgIpc) is 2.38. The summed E-state index contributed by atoms with van der Waals surface area (Å²) in [5.74, 6) is -2.05. The summed E-state index contributed by atoms with van der Waals surface area (Å²) >= 11 is 0. The predicted molar refractivity (Wildman–Crippen MR) is 71.9 cm³/mol. The lowest BCUT2D eigenvalue weighted by molar-refractivity contribution is -0.126. The van der Waals surface area contributed by atoms with Gasteiger partial charge < -0.3 is 21.9 Å². The maximum atomic E-state index is 11.5. The van der Waals surface area contributed by atoms with E-state index in [-0.39, 0.29) is 12.0 Å². The van der Waals surface area contributed by atoms with Crippen LogP contribution in [0.1, 0.15) is 22.3 Å². The highest BCUT2D eigenvalue weighted by molar-refractivity contribution is 5.88. The molecule has 1 unspecified atom stereocenters. The van der Waals surface area contributed by atoms with Crippen molar-refractivity contribution in [3.63, 3.8) is 0 Å². The Morgan fingerprint density at radius 1 is 1.20 bits per heavy atom. The molecule has 0 aliphatic carbocycles. The van der Waals surface area contributed by atoms with Crippen LogP contribution in [0, 0.1) is 0 Å². The van der Waals surface area contributed by atoms with Crippen LogP contribution in [0.15, 0.2) is 24.3 Å². The van der Waals surface area contributed by atoms with Gasteiger partial charge in [0.05, 0.1) is 18.0 Å². The van der Waals surface area contributed by atoms with Gasteiger partial charge in [-0.2, -0.15) is 0 Å². The van der Waals surface area contributed by atoms with Gasteiger partial charge in [-0.05, 0) is 24.1 Å². The monoisotopic (exact) mass is 279 g/mol. The molecule has 0 aliphatic heterocycles. The number of benzene rings is 1. The quantitative estimate of drug-likeness (QED) is 0.520. The Kier molecular flexibility index (Phi) is 5.67. The largest absolute Gasteiger partial charge is 0.478 e. The van der Waals surface area contributed by atoms with Gasteiger partial charge >= 0.3 is 5.97 Å². The Bertz CT molecular complexity index is 499. The number of nitrogens with two attached hydrogens (primary N) is 2. The van der Waals surface area contributed by atoms with Crippen LogP contribution in [0.2, 0.25) is 0 Å². The molecular formula is C13H17N3O4. The molecule has 1 rings (SSSR count). The molecule has 1 aromatic carbocycles. The number of aromatic carboxylic acids is 1. The molecule has 0 fully saturated rings. The summed E-state index contributed by atoms with van der Waals surface area (Å²) in [6, 6.07) is 5.41. The first-order valence-electron chi connectivity index (χ1n) is 6.04. The Morgan fingerprint density at radius 3 is 2.30 bits per heavy atom. The minimum atomic E-state index is -0.984. The zero-order chi connectivity index (χ0) is 15.1. The molecule has 6 N–H and O–H groups in total. The van der Waals surface area contributed by atoms with E-state index >= 15 is 0 Å². The average molecular weight is 279 g/mol. The summed E-state index contributed by atoms with van der Waals surface area (Å²) in [5, 5.41) is 11.3. The minimum absolute atomic E-state index is 0.195. The van der Waals surface area contributed by atoms with Gasteiger partial charge in [0.2, 0.25) is 11.8 Å². The molecule has 0 saturated carbocycles. The van der Waals surface area contributed by atoms with Crippen molar-refractivity contribution in [2.45, 2.75) is 18.9 Å². The number of carbonyl (C=O) groups excluding carboxylic acids is 2. The minimum Gasteiger partial charge on any atom is -0.478 e. The number of carboxylic acids is 1. The molecule has 0 radical (unpaired) electrons. The molecule has 108 valence electrons. The molecule has 7 heteroatoms. The third-order valence-corrected chi connectivity index (χ3v) is 2.67. The lowest BCUT2D eigenvalue weighted by Gasteiger charge is -2.10. The smallest absolute Gasteiger partial charge is 0.335 e. The van der Waals surface area contributed by atoms with Crippen LogP contribution in [-0.4, -0.2) is 35.5 Å². The van der Waals surface area contributed by atoms with Crippen molar-refractivity contribution >= 4 is 17.8 Å². The molecule has 2 amide bonds. The fourth-order valence-electron chi connectivity index (χ4n) is 1.58. The highest BCUT2D eigenvalue weighted by Crippen LogP contribution is 2.04. The number of hydrogen-bond donors (Lipinski definition) is 4. The van der Waals surface area contributed by atoms with Crippen molar-refractivity contribution in [1.29, 1.82) is 0 Å². The SMILES string of the molecule is NC(=O)CC(N)C(=O)NCCc1ccc(C(=O)O)cc1. The van der Waals surface area contributed by atoms with Gasteiger partial charge in [0.1, 0.15) is 0 Å². The van der Waals surface area contributed by atoms with E-state index < -0.39 is 23.8 Å². The van der Waals surface area contributed by atoms with Crippen molar-refractivity contribution in [3.8, 4) is 0 Å². The Hall–Kier alpha value is -2.41. The lowest BCUT2D eigenvalue weighted by atomic mass is 10.1. The molecule has 0 spiro atoms. The fraction of sp³-hybridized carbons (Fsp3) is 0.308. The summed E-state index contributed by atoms with van der Waals surface area (Å²) in [4.78, 5) is 32.8. The zero-order valence-corrected chi connectivity index (χ0v) is 10.8. The van der Waals surface area contributed by atoms with E-state index in [1.54, 1.807) is 12.1 Å². The second-order valence-electron chi connectivity index (χ2n) is 4.32. The van der Waals surface area contributed by atoms with Crippen molar-refractivity contribution < 1.29 is 19.5 Å². The van der Waals surface area contributed by atoms with Gasteiger partial charge in [-0.3, -0.25) is 9.59 Å². The Balaban J connectivity index is 2.38. The Morgan fingerprint density at radius 2 is 1.80 bits per heavy atom. The van der Waals surface area contributed by atoms with Crippen LogP contribution in [0.4, 0.5) is 0 Å². The fourth-order valence-corrected chi connectivity index (χ4v) is 1.58. The molecule has 0 saturated heterocycles. The molecule has 7 nitrogen and oxygen atoms in total. The van der Waals surface area contributed by atoms with Gasteiger partial charge in [0, 0.05) is 6.54 Å². The highest BCUT2D eigenvalue weighted by atomic mass is 16.4. The molecule has 0 heterocycles. The molecule has 0 aromatic heterocycles. The van der Waals surface area contributed by atoms with Gasteiger partial charge in [0.15, 0.2) is 0 Å². The number of amides is 2. The molecular weight excluding hydrogens is 262 g/mol. The first kappa shape index (κ1) is 15.6. The molecule has 0 aliphatic rings. The van der Waals surface area contributed by atoms with Crippen molar-refractivity contribution in [3.05, 3.63) is 35.4 Å². The van der Waals surface area contributed by atoms with Crippen LogP contribution >= 0.6 is 0 Å². The third kappa shape index (κ3) is 5.07. The van der Waals surface area contributed by atoms with Crippen LogP contribution in [-0.2, 0) is 16.0 Å². The van der Waals surface area contributed by atoms with Gasteiger partial charge in [-0.1, -0.05) is 12.1 Å². The van der Waals surface area contributed by atoms with Gasteiger partial charge in [0.25, 0.3) is 0 Å². The third-order valence-electron chi connectivity index (χ3n) is 2.67. The van der Waals surface area contributed by atoms with E-state index in [2.05, 4.69) is 5.32 Å². The van der Waals surface area contributed by atoms with E-state index in [0.717, 1.165) is 5.56 Å². The first-order chi connectivity index (χ1) is 9.40. The van der Waals surface area contributed by atoms with Crippen molar-refractivity contribution in [1.82, 2.24) is 5.32 Å². The summed E-state index contributed by atoms with van der Waals surface area (Å²) < 4.78 is 0. The van der Waals surface area contributed by atoms with Crippen molar-refractivity contribution in [2.24, 2.45) is 11.5 Å². The van der Waals surface area contributed by atoms with Crippen molar-refractivity contribution in [2.75, 3.05) is 6.54 Å². The van der Waals surface area contributed by atoms with E-state index in [1.807, 2.05) is 0 Å². The molecule has 1 atom stereocenters. The summed E-state index contributed by atoms with van der Waals surface area (Å²) in [7, 11) is 0. The summed E-state index contributed by atoms with van der Waals surface area (Å²) in [6.07, 6.45) is 0.341.